The van der Waals surface area contributed by atoms with Gasteiger partial charge in [0.05, 0.1) is 25.6 Å². The number of ether oxygens (including phenoxy) is 1. The first-order valence-electron chi connectivity index (χ1n) is 10.6. The predicted molar refractivity (Wildman–Crippen MR) is 115 cm³/mol. The summed E-state index contributed by atoms with van der Waals surface area (Å²) in [4.78, 5) is 20.3. The third-order valence-electron chi connectivity index (χ3n) is 5.44. The van der Waals surface area contributed by atoms with Gasteiger partial charge in [-0.3, -0.25) is 0 Å². The van der Waals surface area contributed by atoms with Crippen LogP contribution in [0.3, 0.4) is 0 Å². The Morgan fingerprint density at radius 2 is 1.81 bits per heavy atom. The van der Waals surface area contributed by atoms with Gasteiger partial charge in [0.1, 0.15) is 5.82 Å². The molecule has 3 aromatic rings. The first kappa shape index (κ1) is 19.7. The van der Waals surface area contributed by atoms with Gasteiger partial charge in [0.2, 0.25) is 17.8 Å². The molecule has 1 atom stereocenters. The van der Waals surface area contributed by atoms with Gasteiger partial charge in [-0.2, -0.15) is 15.0 Å². The summed E-state index contributed by atoms with van der Waals surface area (Å²) in [6.45, 7) is 4.68. The molecule has 2 fully saturated rings. The molecule has 9 nitrogen and oxygen atoms in total. The minimum Gasteiger partial charge on any atom is -0.378 e. The molecule has 1 aromatic carbocycles. The van der Waals surface area contributed by atoms with Crippen molar-refractivity contribution in [3.05, 3.63) is 48.2 Å². The monoisotopic (exact) mass is 424 g/mol. The van der Waals surface area contributed by atoms with Gasteiger partial charge in [-0.25, -0.2) is 9.37 Å². The molecule has 0 amide bonds. The Morgan fingerprint density at radius 3 is 2.55 bits per heavy atom. The van der Waals surface area contributed by atoms with Crippen LogP contribution in [0.5, 0.6) is 0 Å². The topological polar surface area (TPSA) is 93.0 Å². The molecular weight excluding hydrogens is 399 g/mol. The third kappa shape index (κ3) is 4.74. The van der Waals surface area contributed by atoms with E-state index in [2.05, 4.69) is 40.0 Å². The minimum atomic E-state index is -0.261. The van der Waals surface area contributed by atoms with E-state index in [9.17, 15) is 4.39 Å². The highest BCUT2D eigenvalue weighted by Gasteiger charge is 2.24. The first-order valence-corrected chi connectivity index (χ1v) is 10.6. The summed E-state index contributed by atoms with van der Waals surface area (Å²) in [5, 5.41) is 6.51. The van der Waals surface area contributed by atoms with E-state index in [1.54, 1.807) is 12.1 Å². The maximum Gasteiger partial charge on any atom is 0.235 e. The van der Waals surface area contributed by atoms with Crippen LogP contribution < -0.4 is 15.5 Å². The average Bonchev–Trinajstić information content (AvgIpc) is 3.54. The SMILES string of the molecule is C[C@H](Nc1nc(Nc2cn(C3CC3)cn2)nc(N2CCOCC2)n1)c1ccc(F)cc1. The van der Waals surface area contributed by atoms with Crippen LogP contribution in [0.15, 0.2) is 36.8 Å². The van der Waals surface area contributed by atoms with Gasteiger partial charge in [0.15, 0.2) is 5.82 Å². The largest absolute Gasteiger partial charge is 0.378 e. The van der Waals surface area contributed by atoms with Gasteiger partial charge in [0.25, 0.3) is 0 Å². The maximum atomic E-state index is 13.3. The summed E-state index contributed by atoms with van der Waals surface area (Å²) in [6, 6.07) is 6.84. The Hall–Kier alpha value is -3.27. The molecular formula is C21H25FN8O. The highest BCUT2D eigenvalue weighted by Crippen LogP contribution is 2.35. The Balaban J connectivity index is 1.39. The Morgan fingerprint density at radius 1 is 1.06 bits per heavy atom. The fraction of sp³-hybridized carbons (Fsp3) is 0.429. The number of morpholine rings is 1. The maximum absolute atomic E-state index is 13.3. The van der Waals surface area contributed by atoms with Crippen molar-refractivity contribution in [1.29, 1.82) is 0 Å². The third-order valence-corrected chi connectivity index (χ3v) is 5.44. The molecule has 0 radical (unpaired) electrons. The minimum absolute atomic E-state index is 0.109. The zero-order valence-electron chi connectivity index (χ0n) is 17.3. The van der Waals surface area contributed by atoms with Gasteiger partial charge in [0, 0.05) is 25.3 Å². The Kier molecular flexibility index (Phi) is 5.37. The van der Waals surface area contributed by atoms with Crippen LogP contribution in [0.4, 0.5) is 28.1 Å². The molecule has 2 N–H and O–H groups in total. The van der Waals surface area contributed by atoms with Gasteiger partial charge in [-0.05, 0) is 37.5 Å². The number of halogens is 1. The quantitative estimate of drug-likeness (QED) is 0.597. The van der Waals surface area contributed by atoms with Crippen LogP contribution in [0.1, 0.15) is 37.4 Å². The van der Waals surface area contributed by atoms with Crippen LogP contribution in [-0.2, 0) is 4.74 Å². The molecule has 3 heterocycles. The molecule has 2 aliphatic rings. The van der Waals surface area contributed by atoms with Crippen molar-refractivity contribution in [1.82, 2.24) is 24.5 Å². The van der Waals surface area contributed by atoms with Crippen LogP contribution in [-0.4, -0.2) is 50.8 Å². The number of imidazole rings is 1. The van der Waals surface area contributed by atoms with Gasteiger partial charge < -0.3 is 24.8 Å². The summed E-state index contributed by atoms with van der Waals surface area (Å²) < 4.78 is 20.8. The van der Waals surface area contributed by atoms with E-state index in [4.69, 9.17) is 4.74 Å². The standard InChI is InChI=1S/C21H25FN8O/c1-14(15-2-4-16(22)5-3-15)24-19-26-20(25-18-12-30(13-23-18)17-6-7-17)28-21(27-19)29-8-10-31-11-9-29/h2-5,12-14,17H,6-11H2,1H3,(H2,24,25,26,27,28)/t14-/m0/s1. The molecule has 0 unspecified atom stereocenters. The molecule has 0 bridgehead atoms. The lowest BCUT2D eigenvalue weighted by Gasteiger charge is -2.27. The van der Waals surface area contributed by atoms with Crippen molar-refractivity contribution in [3.63, 3.8) is 0 Å². The zero-order chi connectivity index (χ0) is 21.2. The lowest BCUT2D eigenvalue weighted by molar-refractivity contribution is 0.122. The molecule has 5 rings (SSSR count). The van der Waals surface area contributed by atoms with Crippen molar-refractivity contribution in [2.24, 2.45) is 0 Å². The smallest absolute Gasteiger partial charge is 0.235 e. The van der Waals surface area contributed by atoms with Gasteiger partial charge >= 0.3 is 0 Å². The van der Waals surface area contributed by atoms with Crippen molar-refractivity contribution in [3.8, 4) is 0 Å². The number of anilines is 4. The van der Waals surface area contributed by atoms with Crippen LogP contribution in [0.2, 0.25) is 0 Å². The van der Waals surface area contributed by atoms with E-state index in [0.29, 0.717) is 56.0 Å². The average molecular weight is 424 g/mol. The van der Waals surface area contributed by atoms with Crippen LogP contribution >= 0.6 is 0 Å². The molecule has 2 aromatic heterocycles. The second-order valence-electron chi connectivity index (χ2n) is 7.86. The van der Waals surface area contributed by atoms with E-state index in [1.807, 2.05) is 19.4 Å². The highest BCUT2D eigenvalue weighted by molar-refractivity contribution is 5.52. The van der Waals surface area contributed by atoms with Gasteiger partial charge in [-0.1, -0.05) is 12.1 Å². The Labute approximate surface area is 179 Å². The lowest BCUT2D eigenvalue weighted by Crippen LogP contribution is -2.37. The number of rotatable bonds is 7. The molecule has 1 aliphatic carbocycles. The van der Waals surface area contributed by atoms with Crippen molar-refractivity contribution in [2.75, 3.05) is 41.8 Å². The van der Waals surface area contributed by atoms with Crippen molar-refractivity contribution >= 4 is 23.7 Å². The molecule has 10 heteroatoms. The van der Waals surface area contributed by atoms with Crippen molar-refractivity contribution in [2.45, 2.75) is 31.8 Å². The molecule has 1 saturated heterocycles. The molecule has 31 heavy (non-hydrogen) atoms. The fourth-order valence-electron chi connectivity index (χ4n) is 3.51. The number of nitrogens with zero attached hydrogens (tertiary/aromatic N) is 6. The lowest BCUT2D eigenvalue weighted by atomic mass is 10.1. The molecule has 1 saturated carbocycles. The predicted octanol–water partition coefficient (Wildman–Crippen LogP) is 3.30. The first-order chi connectivity index (χ1) is 15.1. The van der Waals surface area contributed by atoms with Crippen LogP contribution in [0.25, 0.3) is 0 Å². The number of aromatic nitrogens is 5. The number of hydrogen-bond donors (Lipinski definition) is 2. The van der Waals surface area contributed by atoms with E-state index >= 15 is 0 Å². The molecule has 0 spiro atoms. The second-order valence-corrected chi connectivity index (χ2v) is 7.86. The van der Waals surface area contributed by atoms with E-state index in [0.717, 1.165) is 5.56 Å². The molecule has 162 valence electrons. The summed E-state index contributed by atoms with van der Waals surface area (Å²) in [7, 11) is 0. The van der Waals surface area contributed by atoms with E-state index in [1.165, 1.54) is 25.0 Å². The second kappa shape index (κ2) is 8.46. The van der Waals surface area contributed by atoms with Crippen LogP contribution in [0, 0.1) is 5.82 Å². The summed E-state index contributed by atoms with van der Waals surface area (Å²) >= 11 is 0. The normalized spacial score (nSPS) is 17.4. The summed E-state index contributed by atoms with van der Waals surface area (Å²) in [5.74, 6) is 1.88. The Bertz CT molecular complexity index is 1030. The number of nitrogens with one attached hydrogen (secondary N) is 2. The fourth-order valence-corrected chi connectivity index (χ4v) is 3.51. The van der Waals surface area contributed by atoms with Gasteiger partial charge in [-0.15, -0.1) is 0 Å². The van der Waals surface area contributed by atoms with Crippen molar-refractivity contribution < 1.29 is 9.13 Å². The number of hydrogen-bond acceptors (Lipinski definition) is 8. The van der Waals surface area contributed by atoms with E-state index in [-0.39, 0.29) is 11.9 Å². The number of benzene rings is 1. The summed E-state index contributed by atoms with van der Waals surface area (Å²) in [5.41, 5.74) is 0.937. The van der Waals surface area contributed by atoms with E-state index < -0.39 is 0 Å². The molecule has 1 aliphatic heterocycles. The highest BCUT2D eigenvalue weighted by atomic mass is 19.1. The summed E-state index contributed by atoms with van der Waals surface area (Å²) in [6.07, 6.45) is 6.19. The zero-order valence-corrected chi connectivity index (χ0v) is 17.3.